The number of esters is 1. The second-order valence-corrected chi connectivity index (χ2v) is 8.36. The van der Waals surface area contributed by atoms with Crippen LogP contribution in [0.15, 0.2) is 12.2 Å². The van der Waals surface area contributed by atoms with E-state index in [2.05, 4.69) is 27.4 Å². The molecule has 2 nitrogen and oxygen atoms in total. The van der Waals surface area contributed by atoms with Crippen molar-refractivity contribution in [2.24, 2.45) is 22.7 Å². The molecule has 2 heteroatoms. The standard InChI is InChI=1S/C19H30O2/c1-13(14-8-6-5-7-9-14)17(20)21-16-12-15-10-11-19(16,4)18(15,2)3/h14-16H,1,5-12H2,2-4H3. The van der Waals surface area contributed by atoms with Crippen LogP contribution in [0.1, 0.15) is 72.1 Å². The average molecular weight is 290 g/mol. The van der Waals surface area contributed by atoms with Gasteiger partial charge in [0.2, 0.25) is 0 Å². The van der Waals surface area contributed by atoms with E-state index < -0.39 is 0 Å². The molecule has 0 aromatic rings. The number of rotatable bonds is 3. The van der Waals surface area contributed by atoms with Crippen molar-refractivity contribution in [3.8, 4) is 0 Å². The summed E-state index contributed by atoms with van der Waals surface area (Å²) in [7, 11) is 0. The molecular formula is C19H30O2. The van der Waals surface area contributed by atoms with E-state index in [1.807, 2.05) is 0 Å². The summed E-state index contributed by atoms with van der Waals surface area (Å²) < 4.78 is 5.96. The minimum absolute atomic E-state index is 0.0964. The molecular weight excluding hydrogens is 260 g/mol. The third kappa shape index (κ3) is 2.26. The molecule has 0 amide bonds. The molecule has 0 spiro atoms. The number of hydrogen-bond donors (Lipinski definition) is 0. The molecule has 118 valence electrons. The predicted molar refractivity (Wildman–Crippen MR) is 84.8 cm³/mol. The first-order valence-electron chi connectivity index (χ1n) is 8.76. The lowest BCUT2D eigenvalue weighted by molar-refractivity contribution is -0.152. The fraction of sp³-hybridized carbons (Fsp3) is 0.842. The highest BCUT2D eigenvalue weighted by Crippen LogP contribution is 2.66. The normalized spacial score (nSPS) is 38.4. The maximum atomic E-state index is 12.5. The fourth-order valence-corrected chi connectivity index (χ4v) is 5.13. The Balaban J connectivity index is 1.65. The Hall–Kier alpha value is -0.790. The lowest BCUT2D eigenvalue weighted by atomic mass is 9.70. The van der Waals surface area contributed by atoms with Crippen molar-refractivity contribution >= 4 is 5.97 Å². The molecule has 21 heavy (non-hydrogen) atoms. The van der Waals surface area contributed by atoms with Gasteiger partial charge in [0.25, 0.3) is 0 Å². The zero-order chi connectivity index (χ0) is 15.3. The molecule has 3 atom stereocenters. The van der Waals surface area contributed by atoms with E-state index in [-0.39, 0.29) is 17.5 Å². The van der Waals surface area contributed by atoms with E-state index in [1.54, 1.807) is 0 Å². The molecule has 3 rings (SSSR count). The molecule has 3 unspecified atom stereocenters. The van der Waals surface area contributed by atoms with Gasteiger partial charge >= 0.3 is 5.97 Å². The van der Waals surface area contributed by atoms with Gasteiger partial charge in [0.1, 0.15) is 6.10 Å². The topological polar surface area (TPSA) is 26.3 Å². The summed E-state index contributed by atoms with van der Waals surface area (Å²) >= 11 is 0. The first-order valence-corrected chi connectivity index (χ1v) is 8.76. The summed E-state index contributed by atoms with van der Waals surface area (Å²) in [6, 6.07) is 0. The van der Waals surface area contributed by atoms with Crippen LogP contribution in [0.2, 0.25) is 0 Å². The molecule has 3 fully saturated rings. The molecule has 3 saturated carbocycles. The van der Waals surface area contributed by atoms with Gasteiger partial charge in [0.15, 0.2) is 0 Å². The maximum Gasteiger partial charge on any atom is 0.333 e. The average Bonchev–Trinajstić information content (AvgIpc) is 2.80. The molecule has 0 radical (unpaired) electrons. The summed E-state index contributed by atoms with van der Waals surface area (Å²) in [6.45, 7) is 11.1. The highest BCUT2D eigenvalue weighted by Gasteiger charge is 2.62. The molecule has 3 aliphatic rings. The van der Waals surface area contributed by atoms with Crippen LogP contribution >= 0.6 is 0 Å². The number of carbonyl (C=O) groups is 1. The quantitative estimate of drug-likeness (QED) is 0.547. The van der Waals surface area contributed by atoms with E-state index in [0.29, 0.717) is 17.3 Å². The number of hydrogen-bond acceptors (Lipinski definition) is 2. The van der Waals surface area contributed by atoms with E-state index in [4.69, 9.17) is 4.74 Å². The van der Waals surface area contributed by atoms with Gasteiger partial charge in [-0.1, -0.05) is 46.6 Å². The van der Waals surface area contributed by atoms with Gasteiger partial charge in [-0.2, -0.15) is 0 Å². The van der Waals surface area contributed by atoms with Crippen LogP contribution in [-0.2, 0) is 9.53 Å². The second kappa shape index (κ2) is 5.14. The zero-order valence-electron chi connectivity index (χ0n) is 13.9. The van der Waals surface area contributed by atoms with Crippen molar-refractivity contribution in [3.63, 3.8) is 0 Å². The molecule has 0 aromatic heterocycles. The maximum absolute atomic E-state index is 12.5. The van der Waals surface area contributed by atoms with Crippen molar-refractivity contribution in [3.05, 3.63) is 12.2 Å². The molecule has 0 saturated heterocycles. The summed E-state index contributed by atoms with van der Waals surface area (Å²) in [5, 5.41) is 0. The number of carbonyl (C=O) groups excluding carboxylic acids is 1. The monoisotopic (exact) mass is 290 g/mol. The minimum Gasteiger partial charge on any atom is -0.458 e. The Kier molecular flexibility index (Phi) is 3.70. The molecule has 3 aliphatic carbocycles. The van der Waals surface area contributed by atoms with Crippen LogP contribution in [-0.4, -0.2) is 12.1 Å². The highest BCUT2D eigenvalue weighted by atomic mass is 16.5. The second-order valence-electron chi connectivity index (χ2n) is 8.36. The first kappa shape index (κ1) is 15.1. The van der Waals surface area contributed by atoms with Crippen molar-refractivity contribution < 1.29 is 9.53 Å². The van der Waals surface area contributed by atoms with Crippen molar-refractivity contribution in [2.75, 3.05) is 0 Å². The van der Waals surface area contributed by atoms with Gasteiger partial charge in [0.05, 0.1) is 0 Å². The van der Waals surface area contributed by atoms with Crippen LogP contribution in [0.25, 0.3) is 0 Å². The Labute approximate surface area is 129 Å². The number of fused-ring (bicyclic) bond motifs is 2. The summed E-state index contributed by atoms with van der Waals surface area (Å²) in [5.74, 6) is 0.963. The lowest BCUT2D eigenvalue weighted by Crippen LogP contribution is -2.38. The largest absolute Gasteiger partial charge is 0.458 e. The molecule has 2 bridgehead atoms. The van der Waals surface area contributed by atoms with Gasteiger partial charge in [-0.15, -0.1) is 0 Å². The Morgan fingerprint density at radius 1 is 1.10 bits per heavy atom. The first-order chi connectivity index (χ1) is 9.86. The van der Waals surface area contributed by atoms with E-state index in [0.717, 1.165) is 24.8 Å². The third-order valence-electron chi connectivity index (χ3n) is 7.32. The number of ether oxygens (including phenoxy) is 1. The van der Waals surface area contributed by atoms with Crippen LogP contribution in [0.5, 0.6) is 0 Å². The van der Waals surface area contributed by atoms with Crippen molar-refractivity contribution in [1.82, 2.24) is 0 Å². The minimum atomic E-state index is -0.114. The summed E-state index contributed by atoms with van der Waals surface area (Å²) in [4.78, 5) is 12.5. The van der Waals surface area contributed by atoms with Crippen LogP contribution < -0.4 is 0 Å². The Bertz CT molecular complexity index is 444. The lowest BCUT2D eigenvalue weighted by Gasteiger charge is -2.38. The molecule has 0 aliphatic heterocycles. The highest BCUT2D eigenvalue weighted by molar-refractivity contribution is 5.88. The molecule has 0 N–H and O–H groups in total. The van der Waals surface area contributed by atoms with Crippen molar-refractivity contribution in [1.29, 1.82) is 0 Å². The molecule has 0 aromatic carbocycles. The van der Waals surface area contributed by atoms with E-state index in [9.17, 15) is 4.79 Å². The summed E-state index contributed by atoms with van der Waals surface area (Å²) in [5.41, 5.74) is 1.18. The van der Waals surface area contributed by atoms with Gasteiger partial charge in [-0.25, -0.2) is 4.79 Å². The van der Waals surface area contributed by atoms with Gasteiger partial charge in [0, 0.05) is 11.0 Å². The van der Waals surface area contributed by atoms with Gasteiger partial charge < -0.3 is 4.74 Å². The smallest absolute Gasteiger partial charge is 0.333 e. The van der Waals surface area contributed by atoms with E-state index >= 15 is 0 Å². The van der Waals surface area contributed by atoms with Crippen LogP contribution in [0, 0.1) is 22.7 Å². The fourth-order valence-electron chi connectivity index (χ4n) is 5.13. The Morgan fingerprint density at radius 2 is 1.76 bits per heavy atom. The summed E-state index contributed by atoms with van der Waals surface area (Å²) in [6.07, 6.45) is 9.62. The van der Waals surface area contributed by atoms with E-state index in [1.165, 1.54) is 32.1 Å². The van der Waals surface area contributed by atoms with Gasteiger partial charge in [-0.3, -0.25) is 0 Å². The van der Waals surface area contributed by atoms with Gasteiger partial charge in [-0.05, 0) is 49.4 Å². The third-order valence-corrected chi connectivity index (χ3v) is 7.32. The van der Waals surface area contributed by atoms with Crippen molar-refractivity contribution in [2.45, 2.75) is 78.2 Å². The molecule has 0 heterocycles. The SMILES string of the molecule is C=C(C(=O)OC1CC2CCC1(C)C2(C)C)C1CCCCC1. The predicted octanol–water partition coefficient (Wildman–Crippen LogP) is 4.88. The van der Waals surface area contributed by atoms with Crippen LogP contribution in [0.4, 0.5) is 0 Å². The Morgan fingerprint density at radius 3 is 2.29 bits per heavy atom. The van der Waals surface area contributed by atoms with Crippen LogP contribution in [0.3, 0.4) is 0 Å². The zero-order valence-corrected chi connectivity index (χ0v) is 13.9.